The van der Waals surface area contributed by atoms with Crippen molar-refractivity contribution in [2.75, 3.05) is 24.5 Å². The molecule has 1 aliphatic heterocycles. The molecule has 2 atom stereocenters. The van der Waals surface area contributed by atoms with Gasteiger partial charge in [0, 0.05) is 38.1 Å². The highest BCUT2D eigenvalue weighted by atomic mass is 16.3. The van der Waals surface area contributed by atoms with Gasteiger partial charge < -0.3 is 9.32 Å². The number of rotatable bonds is 6. The molecule has 0 saturated carbocycles. The number of aromatic nitrogens is 2. The Balaban J connectivity index is 1.51. The number of carbonyl (C=O) groups is 1. The van der Waals surface area contributed by atoms with Gasteiger partial charge in [0.25, 0.3) is 5.91 Å². The van der Waals surface area contributed by atoms with Crippen molar-refractivity contribution in [3.63, 3.8) is 0 Å². The predicted octanol–water partition coefficient (Wildman–Crippen LogP) is 4.29. The molecule has 1 fully saturated rings. The minimum absolute atomic E-state index is 0.0393. The molecule has 0 radical (unpaired) electrons. The van der Waals surface area contributed by atoms with Crippen LogP contribution in [0.15, 0.2) is 59.3 Å². The number of hydrogen-bond donors (Lipinski definition) is 0. The molecule has 0 aliphatic carbocycles. The minimum atomic E-state index is -0.0878. The molecule has 3 aromatic rings. The first-order chi connectivity index (χ1) is 15.0. The van der Waals surface area contributed by atoms with Gasteiger partial charge in [0.05, 0.1) is 5.56 Å². The summed E-state index contributed by atoms with van der Waals surface area (Å²) in [7, 11) is 0. The summed E-state index contributed by atoms with van der Waals surface area (Å²) in [5.41, 5.74) is 1.95. The van der Waals surface area contributed by atoms with E-state index in [1.54, 1.807) is 23.4 Å². The van der Waals surface area contributed by atoms with Gasteiger partial charge in [-0.2, -0.15) is 0 Å². The summed E-state index contributed by atoms with van der Waals surface area (Å²) in [6.45, 7) is 8.83. The molecule has 2 aromatic heterocycles. The summed E-state index contributed by atoms with van der Waals surface area (Å²) in [6, 6.07) is 14.2. The van der Waals surface area contributed by atoms with Crippen LogP contribution in [0.5, 0.6) is 0 Å². The summed E-state index contributed by atoms with van der Waals surface area (Å²) < 4.78 is 5.63. The van der Waals surface area contributed by atoms with Crippen molar-refractivity contribution < 1.29 is 9.21 Å². The maximum atomic E-state index is 13.6. The Bertz CT molecular complexity index is 1000. The highest BCUT2D eigenvalue weighted by Gasteiger charge is 2.36. The third kappa shape index (κ3) is 4.85. The molecule has 1 saturated heterocycles. The number of anilines is 1. The van der Waals surface area contributed by atoms with E-state index in [2.05, 4.69) is 52.1 Å². The van der Waals surface area contributed by atoms with Gasteiger partial charge in [-0.3, -0.25) is 9.69 Å². The topological polar surface area (TPSA) is 62.5 Å². The van der Waals surface area contributed by atoms with Gasteiger partial charge >= 0.3 is 0 Å². The fraction of sp³-hybridized carbons (Fsp3) is 0.400. The minimum Gasteiger partial charge on any atom is -0.466 e. The molecule has 1 aliphatic rings. The smallest absolute Gasteiger partial charge is 0.264 e. The fourth-order valence-corrected chi connectivity index (χ4v) is 4.52. The SMILES string of the molecule is Cc1cc(C(=O)N(c2ncccn2)C2CCN(CCc3ccccc3)CC2C)c(C)o1. The van der Waals surface area contributed by atoms with Gasteiger partial charge in [-0.1, -0.05) is 37.3 Å². The van der Waals surface area contributed by atoms with E-state index in [1.165, 1.54) is 5.56 Å². The molecule has 0 N–H and O–H groups in total. The van der Waals surface area contributed by atoms with Crippen molar-refractivity contribution in [2.24, 2.45) is 5.92 Å². The first-order valence-electron chi connectivity index (χ1n) is 11.0. The van der Waals surface area contributed by atoms with Gasteiger partial charge in [0.2, 0.25) is 5.95 Å². The Kier molecular flexibility index (Phi) is 6.47. The number of amides is 1. The average Bonchev–Trinajstić information content (AvgIpc) is 3.13. The molecule has 3 heterocycles. The Morgan fingerprint density at radius 3 is 2.55 bits per heavy atom. The van der Waals surface area contributed by atoms with E-state index in [4.69, 9.17) is 4.42 Å². The van der Waals surface area contributed by atoms with Gasteiger partial charge in [-0.25, -0.2) is 9.97 Å². The van der Waals surface area contributed by atoms with Crippen LogP contribution in [0.2, 0.25) is 0 Å². The Morgan fingerprint density at radius 1 is 1.16 bits per heavy atom. The number of furan rings is 1. The van der Waals surface area contributed by atoms with E-state index in [9.17, 15) is 4.79 Å². The van der Waals surface area contributed by atoms with Crippen molar-refractivity contribution >= 4 is 11.9 Å². The predicted molar refractivity (Wildman–Crippen MR) is 121 cm³/mol. The van der Waals surface area contributed by atoms with Gasteiger partial charge in [-0.05, 0) is 50.3 Å². The third-order valence-electron chi connectivity index (χ3n) is 6.09. The van der Waals surface area contributed by atoms with Crippen LogP contribution in [0.3, 0.4) is 0 Å². The monoisotopic (exact) mass is 418 g/mol. The number of benzene rings is 1. The van der Waals surface area contributed by atoms with Crippen LogP contribution >= 0.6 is 0 Å². The maximum Gasteiger partial charge on any atom is 0.264 e. The maximum absolute atomic E-state index is 13.6. The normalized spacial score (nSPS) is 19.3. The van der Waals surface area contributed by atoms with E-state index in [0.717, 1.165) is 38.2 Å². The van der Waals surface area contributed by atoms with E-state index in [-0.39, 0.29) is 11.9 Å². The second-order valence-corrected chi connectivity index (χ2v) is 8.42. The first-order valence-corrected chi connectivity index (χ1v) is 11.0. The lowest BCUT2D eigenvalue weighted by molar-refractivity contribution is 0.0928. The zero-order chi connectivity index (χ0) is 21.8. The molecule has 1 aromatic carbocycles. The molecule has 4 rings (SSSR count). The lowest BCUT2D eigenvalue weighted by atomic mass is 9.91. The van der Waals surface area contributed by atoms with Gasteiger partial charge in [0.1, 0.15) is 11.5 Å². The largest absolute Gasteiger partial charge is 0.466 e. The molecule has 162 valence electrons. The van der Waals surface area contributed by atoms with Crippen LogP contribution in [0.4, 0.5) is 5.95 Å². The lowest BCUT2D eigenvalue weighted by Crippen LogP contribution is -2.53. The molecule has 1 amide bonds. The molecular weight excluding hydrogens is 388 g/mol. The van der Waals surface area contributed by atoms with Crippen LogP contribution in [-0.2, 0) is 6.42 Å². The van der Waals surface area contributed by atoms with Crippen molar-refractivity contribution in [1.82, 2.24) is 14.9 Å². The van der Waals surface area contributed by atoms with Crippen molar-refractivity contribution in [3.8, 4) is 0 Å². The second kappa shape index (κ2) is 9.43. The molecule has 6 heteroatoms. The average molecular weight is 419 g/mol. The molecule has 2 unspecified atom stereocenters. The van der Waals surface area contributed by atoms with Crippen molar-refractivity contribution in [2.45, 2.75) is 39.7 Å². The molecule has 0 spiro atoms. The first kappa shape index (κ1) is 21.2. The van der Waals surface area contributed by atoms with Crippen LogP contribution in [0.25, 0.3) is 0 Å². The highest BCUT2D eigenvalue weighted by Crippen LogP contribution is 2.28. The van der Waals surface area contributed by atoms with E-state index in [0.29, 0.717) is 23.2 Å². The summed E-state index contributed by atoms with van der Waals surface area (Å²) in [4.78, 5) is 26.7. The van der Waals surface area contributed by atoms with Gasteiger partial charge in [-0.15, -0.1) is 0 Å². The van der Waals surface area contributed by atoms with Crippen LogP contribution < -0.4 is 4.90 Å². The molecule has 6 nitrogen and oxygen atoms in total. The van der Waals surface area contributed by atoms with Crippen LogP contribution in [-0.4, -0.2) is 46.5 Å². The number of carbonyl (C=O) groups excluding carboxylic acids is 1. The number of piperidine rings is 1. The standard InChI is InChI=1S/C25H30N4O2/c1-18-17-28(14-10-21-8-5-4-6-9-21)15-11-23(18)29(25-26-12-7-13-27-25)24(30)22-16-19(2)31-20(22)3/h4-9,12-13,16,18,23H,10-11,14-15,17H2,1-3H3. The van der Waals surface area contributed by atoms with Gasteiger partial charge in [0.15, 0.2) is 0 Å². The Hall–Kier alpha value is -2.99. The Morgan fingerprint density at radius 2 is 1.90 bits per heavy atom. The number of nitrogens with zero attached hydrogens (tertiary/aromatic N) is 4. The number of likely N-dealkylation sites (tertiary alicyclic amines) is 1. The zero-order valence-corrected chi connectivity index (χ0v) is 18.5. The zero-order valence-electron chi connectivity index (χ0n) is 18.5. The summed E-state index contributed by atoms with van der Waals surface area (Å²) in [6.07, 6.45) is 5.30. The van der Waals surface area contributed by atoms with Crippen molar-refractivity contribution in [1.29, 1.82) is 0 Å². The third-order valence-corrected chi connectivity index (χ3v) is 6.09. The van der Waals surface area contributed by atoms with E-state index < -0.39 is 0 Å². The highest BCUT2D eigenvalue weighted by molar-refractivity contribution is 6.06. The Labute approximate surface area is 183 Å². The summed E-state index contributed by atoms with van der Waals surface area (Å²) >= 11 is 0. The van der Waals surface area contributed by atoms with E-state index >= 15 is 0 Å². The van der Waals surface area contributed by atoms with Crippen LogP contribution in [0, 0.1) is 19.8 Å². The second-order valence-electron chi connectivity index (χ2n) is 8.42. The van der Waals surface area contributed by atoms with Crippen LogP contribution in [0.1, 0.15) is 40.8 Å². The number of hydrogen-bond acceptors (Lipinski definition) is 5. The summed E-state index contributed by atoms with van der Waals surface area (Å²) in [5.74, 6) is 2.04. The summed E-state index contributed by atoms with van der Waals surface area (Å²) in [5, 5.41) is 0. The molecular formula is C25H30N4O2. The molecule has 0 bridgehead atoms. The fourth-order valence-electron chi connectivity index (χ4n) is 4.52. The quantitative estimate of drug-likeness (QED) is 0.598. The lowest BCUT2D eigenvalue weighted by Gasteiger charge is -2.41. The molecule has 31 heavy (non-hydrogen) atoms. The number of aryl methyl sites for hydroxylation is 2. The van der Waals surface area contributed by atoms with E-state index in [1.807, 2.05) is 19.9 Å². The van der Waals surface area contributed by atoms with Crippen molar-refractivity contribution in [3.05, 3.63) is 77.5 Å².